The van der Waals surface area contributed by atoms with E-state index in [-0.39, 0.29) is 5.91 Å². The largest absolute Gasteiger partial charge is 0.399 e. The van der Waals surface area contributed by atoms with Gasteiger partial charge in [-0.05, 0) is 62.5 Å². The smallest absolute Gasteiger partial charge is 0.255 e. The SMILES string of the molecule is Cc1ccccc1C(=O)Nc1c(Br)cc(N)cc1Br. The molecule has 5 heteroatoms. The van der Waals surface area contributed by atoms with E-state index in [9.17, 15) is 4.79 Å². The van der Waals surface area contributed by atoms with Crippen LogP contribution in [0.2, 0.25) is 0 Å². The third kappa shape index (κ3) is 3.16. The van der Waals surface area contributed by atoms with Crippen molar-refractivity contribution >= 4 is 49.1 Å². The van der Waals surface area contributed by atoms with Crippen LogP contribution >= 0.6 is 31.9 Å². The van der Waals surface area contributed by atoms with Gasteiger partial charge in [-0.2, -0.15) is 0 Å². The minimum atomic E-state index is -0.149. The van der Waals surface area contributed by atoms with Crippen LogP contribution in [0.4, 0.5) is 11.4 Å². The van der Waals surface area contributed by atoms with E-state index in [2.05, 4.69) is 37.2 Å². The standard InChI is InChI=1S/C14H12Br2N2O/c1-8-4-2-3-5-10(8)14(19)18-13-11(15)6-9(17)7-12(13)16/h2-7H,17H2,1H3,(H,18,19). The first kappa shape index (κ1) is 14.1. The van der Waals surface area contributed by atoms with Crippen LogP contribution in [-0.4, -0.2) is 5.91 Å². The lowest BCUT2D eigenvalue weighted by molar-refractivity contribution is 0.102. The summed E-state index contributed by atoms with van der Waals surface area (Å²) in [6.45, 7) is 1.90. The maximum absolute atomic E-state index is 12.2. The average molecular weight is 384 g/mol. The number of hydrogen-bond acceptors (Lipinski definition) is 2. The van der Waals surface area contributed by atoms with Gasteiger partial charge in [0.2, 0.25) is 0 Å². The molecular formula is C14H12Br2N2O. The maximum Gasteiger partial charge on any atom is 0.255 e. The van der Waals surface area contributed by atoms with Crippen LogP contribution in [0.5, 0.6) is 0 Å². The van der Waals surface area contributed by atoms with Gasteiger partial charge in [0.05, 0.1) is 5.69 Å². The molecule has 0 unspecified atom stereocenters. The molecule has 1 amide bonds. The van der Waals surface area contributed by atoms with Crippen molar-refractivity contribution in [3.8, 4) is 0 Å². The Morgan fingerprint density at radius 1 is 1.16 bits per heavy atom. The van der Waals surface area contributed by atoms with E-state index in [1.54, 1.807) is 18.2 Å². The molecule has 19 heavy (non-hydrogen) atoms. The third-order valence-corrected chi connectivity index (χ3v) is 3.94. The van der Waals surface area contributed by atoms with Crippen LogP contribution in [-0.2, 0) is 0 Å². The number of carbonyl (C=O) groups excluding carboxylic acids is 1. The highest BCUT2D eigenvalue weighted by atomic mass is 79.9. The fraction of sp³-hybridized carbons (Fsp3) is 0.0714. The van der Waals surface area contributed by atoms with Crippen molar-refractivity contribution in [2.75, 3.05) is 11.1 Å². The third-order valence-electron chi connectivity index (χ3n) is 2.69. The molecule has 2 aromatic rings. The van der Waals surface area contributed by atoms with Gasteiger partial charge >= 0.3 is 0 Å². The van der Waals surface area contributed by atoms with Gasteiger partial charge in [-0.25, -0.2) is 0 Å². The molecule has 0 spiro atoms. The van der Waals surface area contributed by atoms with Crippen LogP contribution in [0.15, 0.2) is 45.3 Å². The van der Waals surface area contributed by atoms with Crippen molar-refractivity contribution in [1.29, 1.82) is 0 Å². The molecule has 0 heterocycles. The lowest BCUT2D eigenvalue weighted by Gasteiger charge is -2.11. The van der Waals surface area contributed by atoms with Crippen molar-refractivity contribution in [3.63, 3.8) is 0 Å². The highest BCUT2D eigenvalue weighted by Gasteiger charge is 2.13. The molecular weight excluding hydrogens is 372 g/mol. The second-order valence-electron chi connectivity index (χ2n) is 4.13. The zero-order valence-electron chi connectivity index (χ0n) is 10.2. The number of hydrogen-bond donors (Lipinski definition) is 2. The van der Waals surface area contributed by atoms with Crippen molar-refractivity contribution in [2.24, 2.45) is 0 Å². The molecule has 0 aliphatic carbocycles. The van der Waals surface area contributed by atoms with E-state index >= 15 is 0 Å². The van der Waals surface area contributed by atoms with Crippen molar-refractivity contribution in [2.45, 2.75) is 6.92 Å². The van der Waals surface area contributed by atoms with Crippen LogP contribution in [0.25, 0.3) is 0 Å². The molecule has 98 valence electrons. The van der Waals surface area contributed by atoms with E-state index in [0.29, 0.717) is 16.9 Å². The highest BCUT2D eigenvalue weighted by Crippen LogP contribution is 2.33. The number of amides is 1. The summed E-state index contributed by atoms with van der Waals surface area (Å²) in [5, 5.41) is 2.87. The second-order valence-corrected chi connectivity index (χ2v) is 5.84. The Labute approximate surface area is 128 Å². The van der Waals surface area contributed by atoms with Gasteiger partial charge in [0.25, 0.3) is 5.91 Å². The minimum absolute atomic E-state index is 0.149. The molecule has 0 saturated carbocycles. The summed E-state index contributed by atoms with van der Waals surface area (Å²) in [6.07, 6.45) is 0. The molecule has 0 radical (unpaired) electrons. The molecule has 0 bridgehead atoms. The fourth-order valence-electron chi connectivity index (χ4n) is 1.72. The van der Waals surface area contributed by atoms with E-state index in [0.717, 1.165) is 14.5 Å². The summed E-state index contributed by atoms with van der Waals surface area (Å²) in [5.41, 5.74) is 8.59. The van der Waals surface area contributed by atoms with Gasteiger partial charge in [-0.15, -0.1) is 0 Å². The average Bonchev–Trinajstić information content (AvgIpc) is 2.34. The normalized spacial score (nSPS) is 10.3. The van der Waals surface area contributed by atoms with Crippen LogP contribution in [0, 0.1) is 6.92 Å². The number of rotatable bonds is 2. The van der Waals surface area contributed by atoms with Gasteiger partial charge in [-0.1, -0.05) is 18.2 Å². The number of benzene rings is 2. The van der Waals surface area contributed by atoms with Crippen molar-refractivity contribution in [3.05, 3.63) is 56.5 Å². The Hall–Kier alpha value is -1.33. The van der Waals surface area contributed by atoms with E-state index in [1.165, 1.54) is 0 Å². The molecule has 0 saturated heterocycles. The Morgan fingerprint density at radius 2 is 1.74 bits per heavy atom. The zero-order chi connectivity index (χ0) is 14.0. The molecule has 3 N–H and O–H groups in total. The molecule has 3 nitrogen and oxygen atoms in total. The molecule has 0 aliphatic heterocycles. The Kier molecular flexibility index (Phi) is 4.27. The van der Waals surface area contributed by atoms with Crippen molar-refractivity contribution in [1.82, 2.24) is 0 Å². The Morgan fingerprint density at radius 3 is 2.32 bits per heavy atom. The van der Waals surface area contributed by atoms with Gasteiger partial charge < -0.3 is 11.1 Å². The number of aryl methyl sites for hydroxylation is 1. The van der Waals surface area contributed by atoms with Crippen LogP contribution in [0.3, 0.4) is 0 Å². The molecule has 0 atom stereocenters. The topological polar surface area (TPSA) is 55.1 Å². The second kappa shape index (κ2) is 5.75. The fourth-order valence-corrected chi connectivity index (χ4v) is 3.14. The first-order valence-corrected chi connectivity index (χ1v) is 7.19. The summed E-state index contributed by atoms with van der Waals surface area (Å²) in [4.78, 5) is 12.2. The Bertz CT molecular complexity index is 618. The summed E-state index contributed by atoms with van der Waals surface area (Å²) >= 11 is 6.79. The Balaban J connectivity index is 2.32. The van der Waals surface area contributed by atoms with Gasteiger partial charge in [0.1, 0.15) is 0 Å². The summed E-state index contributed by atoms with van der Waals surface area (Å²) < 4.78 is 1.47. The minimum Gasteiger partial charge on any atom is -0.399 e. The van der Waals surface area contributed by atoms with Gasteiger partial charge in [0.15, 0.2) is 0 Å². The molecule has 0 fully saturated rings. The van der Waals surface area contributed by atoms with Crippen LogP contribution in [0.1, 0.15) is 15.9 Å². The first-order chi connectivity index (χ1) is 8.99. The molecule has 2 aromatic carbocycles. The summed E-state index contributed by atoms with van der Waals surface area (Å²) in [6, 6.07) is 10.9. The molecule has 0 aliphatic rings. The number of anilines is 2. The summed E-state index contributed by atoms with van der Waals surface area (Å²) in [5.74, 6) is -0.149. The number of halogens is 2. The number of carbonyl (C=O) groups is 1. The maximum atomic E-state index is 12.2. The number of nitrogens with one attached hydrogen (secondary N) is 1. The number of nitrogen functional groups attached to an aromatic ring is 1. The zero-order valence-corrected chi connectivity index (χ0v) is 13.4. The lowest BCUT2D eigenvalue weighted by Crippen LogP contribution is -2.14. The predicted molar refractivity (Wildman–Crippen MR) is 85.4 cm³/mol. The molecule has 2 rings (SSSR count). The van der Waals surface area contributed by atoms with E-state index < -0.39 is 0 Å². The van der Waals surface area contributed by atoms with Crippen LogP contribution < -0.4 is 11.1 Å². The first-order valence-electron chi connectivity index (χ1n) is 5.60. The quantitative estimate of drug-likeness (QED) is 0.757. The van der Waals surface area contributed by atoms with Crippen molar-refractivity contribution < 1.29 is 4.79 Å². The summed E-state index contributed by atoms with van der Waals surface area (Å²) in [7, 11) is 0. The number of nitrogens with two attached hydrogens (primary N) is 1. The lowest BCUT2D eigenvalue weighted by atomic mass is 10.1. The van der Waals surface area contributed by atoms with Gasteiger partial charge in [0, 0.05) is 20.2 Å². The predicted octanol–water partition coefficient (Wildman–Crippen LogP) is 4.35. The van der Waals surface area contributed by atoms with E-state index in [4.69, 9.17) is 5.73 Å². The highest BCUT2D eigenvalue weighted by molar-refractivity contribution is 9.11. The monoisotopic (exact) mass is 382 g/mol. The van der Waals surface area contributed by atoms with Gasteiger partial charge in [-0.3, -0.25) is 4.79 Å². The van der Waals surface area contributed by atoms with E-state index in [1.807, 2.05) is 25.1 Å². The molecule has 0 aromatic heterocycles.